The molecule has 0 saturated carbocycles. The molecule has 0 radical (unpaired) electrons. The van der Waals surface area contributed by atoms with E-state index in [0.29, 0.717) is 23.8 Å². The van der Waals surface area contributed by atoms with Crippen LogP contribution in [0, 0.1) is 5.92 Å². The molecule has 0 spiro atoms. The van der Waals surface area contributed by atoms with Crippen molar-refractivity contribution in [1.82, 2.24) is 24.5 Å². The van der Waals surface area contributed by atoms with E-state index in [9.17, 15) is 0 Å². The standard InChI is InChI=1S/C12H18N8S/c13-19-11-16-10(15-7-9-1-5-21-6-2-9)17-12(18-11)20-4-3-14-8-20/h3-4,8-9H,1-2,5-7,13H2,(H2,15,16,17,18,19). The predicted octanol–water partition coefficient (Wildman–Crippen LogP) is 0.898. The topological polar surface area (TPSA) is 107 Å². The van der Waals surface area contributed by atoms with Gasteiger partial charge in [0.1, 0.15) is 6.33 Å². The molecule has 8 nitrogen and oxygen atoms in total. The first-order valence-corrected chi connectivity index (χ1v) is 8.03. The Balaban J connectivity index is 1.73. The Kier molecular flexibility index (Phi) is 4.51. The fourth-order valence-corrected chi connectivity index (χ4v) is 3.39. The molecule has 21 heavy (non-hydrogen) atoms. The zero-order valence-electron chi connectivity index (χ0n) is 11.6. The van der Waals surface area contributed by atoms with E-state index in [4.69, 9.17) is 5.84 Å². The maximum atomic E-state index is 5.42. The van der Waals surface area contributed by atoms with Crippen LogP contribution in [-0.4, -0.2) is 42.6 Å². The fraction of sp³-hybridized carbons (Fsp3) is 0.500. The van der Waals surface area contributed by atoms with Gasteiger partial charge in [-0.1, -0.05) is 0 Å². The first kappa shape index (κ1) is 14.1. The monoisotopic (exact) mass is 306 g/mol. The number of hydrogen-bond acceptors (Lipinski definition) is 8. The summed E-state index contributed by atoms with van der Waals surface area (Å²) < 4.78 is 1.71. The summed E-state index contributed by atoms with van der Waals surface area (Å²) in [7, 11) is 0. The van der Waals surface area contributed by atoms with E-state index >= 15 is 0 Å². The van der Waals surface area contributed by atoms with E-state index in [-0.39, 0.29) is 0 Å². The number of nitrogen functional groups attached to an aromatic ring is 1. The van der Waals surface area contributed by atoms with Crippen molar-refractivity contribution in [3.63, 3.8) is 0 Å². The van der Waals surface area contributed by atoms with Crippen LogP contribution >= 0.6 is 11.8 Å². The highest BCUT2D eigenvalue weighted by Crippen LogP contribution is 2.22. The number of imidazole rings is 1. The maximum Gasteiger partial charge on any atom is 0.243 e. The number of nitrogens with zero attached hydrogens (tertiary/aromatic N) is 5. The molecule has 112 valence electrons. The third kappa shape index (κ3) is 3.61. The molecule has 1 aliphatic rings. The lowest BCUT2D eigenvalue weighted by molar-refractivity contribution is 0.514. The van der Waals surface area contributed by atoms with Crippen molar-refractivity contribution >= 4 is 23.7 Å². The molecule has 4 N–H and O–H groups in total. The van der Waals surface area contributed by atoms with Crippen molar-refractivity contribution in [2.75, 3.05) is 28.8 Å². The van der Waals surface area contributed by atoms with Crippen LogP contribution in [-0.2, 0) is 0 Å². The van der Waals surface area contributed by atoms with E-state index in [0.717, 1.165) is 6.54 Å². The molecule has 2 aromatic heterocycles. The molecule has 0 bridgehead atoms. The molecular formula is C12H18N8S. The molecular weight excluding hydrogens is 288 g/mol. The van der Waals surface area contributed by atoms with E-state index in [1.54, 1.807) is 23.3 Å². The molecule has 9 heteroatoms. The predicted molar refractivity (Wildman–Crippen MR) is 83.3 cm³/mol. The minimum absolute atomic E-state index is 0.329. The molecule has 0 atom stereocenters. The largest absolute Gasteiger partial charge is 0.354 e. The highest BCUT2D eigenvalue weighted by molar-refractivity contribution is 7.99. The first-order chi connectivity index (χ1) is 10.3. The van der Waals surface area contributed by atoms with Crippen molar-refractivity contribution in [2.24, 2.45) is 11.8 Å². The van der Waals surface area contributed by atoms with Crippen molar-refractivity contribution < 1.29 is 0 Å². The molecule has 0 aromatic carbocycles. The lowest BCUT2D eigenvalue weighted by Crippen LogP contribution is -2.21. The summed E-state index contributed by atoms with van der Waals surface area (Å²) in [5.41, 5.74) is 2.47. The summed E-state index contributed by atoms with van der Waals surface area (Å²) in [4.78, 5) is 16.8. The van der Waals surface area contributed by atoms with Gasteiger partial charge in [-0.3, -0.25) is 9.99 Å². The third-order valence-electron chi connectivity index (χ3n) is 3.38. The second-order valence-electron chi connectivity index (χ2n) is 4.83. The zero-order valence-corrected chi connectivity index (χ0v) is 12.4. The lowest BCUT2D eigenvalue weighted by atomic mass is 10.0. The van der Waals surface area contributed by atoms with Gasteiger partial charge in [0.15, 0.2) is 0 Å². The van der Waals surface area contributed by atoms with Crippen LogP contribution in [0.1, 0.15) is 12.8 Å². The molecule has 1 saturated heterocycles. The van der Waals surface area contributed by atoms with Crippen molar-refractivity contribution in [3.8, 4) is 5.95 Å². The van der Waals surface area contributed by atoms with Gasteiger partial charge in [-0.25, -0.2) is 10.8 Å². The highest BCUT2D eigenvalue weighted by atomic mass is 32.2. The highest BCUT2D eigenvalue weighted by Gasteiger charge is 2.14. The number of rotatable bonds is 5. The smallest absolute Gasteiger partial charge is 0.243 e. The number of hydrazine groups is 1. The second kappa shape index (κ2) is 6.72. The Morgan fingerprint density at radius 2 is 2.05 bits per heavy atom. The first-order valence-electron chi connectivity index (χ1n) is 6.88. The molecule has 0 aliphatic carbocycles. The Bertz CT molecular complexity index is 567. The number of thioether (sulfide) groups is 1. The number of nitrogens with one attached hydrogen (secondary N) is 2. The number of nitrogens with two attached hydrogens (primary N) is 1. The summed E-state index contributed by atoms with van der Waals surface area (Å²) in [6.45, 7) is 0.873. The van der Waals surface area contributed by atoms with Gasteiger partial charge >= 0.3 is 0 Å². The summed E-state index contributed by atoms with van der Waals surface area (Å²) in [6.07, 6.45) is 7.56. The lowest BCUT2D eigenvalue weighted by Gasteiger charge is -2.21. The zero-order chi connectivity index (χ0) is 14.5. The van der Waals surface area contributed by atoms with Gasteiger partial charge in [0.05, 0.1) is 0 Å². The summed E-state index contributed by atoms with van der Waals surface area (Å²) in [5.74, 6) is 9.91. The van der Waals surface area contributed by atoms with Gasteiger partial charge in [0.25, 0.3) is 0 Å². The minimum Gasteiger partial charge on any atom is -0.354 e. The molecule has 1 aliphatic heterocycles. The van der Waals surface area contributed by atoms with Crippen LogP contribution in [0.25, 0.3) is 5.95 Å². The molecule has 3 rings (SSSR count). The fourth-order valence-electron chi connectivity index (χ4n) is 2.19. The second-order valence-corrected chi connectivity index (χ2v) is 6.06. The van der Waals surface area contributed by atoms with Gasteiger partial charge in [-0.15, -0.1) is 0 Å². The van der Waals surface area contributed by atoms with Gasteiger partial charge < -0.3 is 5.32 Å². The van der Waals surface area contributed by atoms with Crippen LogP contribution in [0.15, 0.2) is 18.7 Å². The molecule has 3 heterocycles. The van der Waals surface area contributed by atoms with E-state index < -0.39 is 0 Å². The van der Waals surface area contributed by atoms with Gasteiger partial charge in [-0.2, -0.15) is 26.7 Å². The van der Waals surface area contributed by atoms with Crippen molar-refractivity contribution in [1.29, 1.82) is 0 Å². The van der Waals surface area contributed by atoms with Crippen LogP contribution in [0.2, 0.25) is 0 Å². The van der Waals surface area contributed by atoms with E-state index in [2.05, 4.69) is 30.7 Å². The number of hydrogen-bond donors (Lipinski definition) is 3. The average molecular weight is 306 g/mol. The maximum absolute atomic E-state index is 5.42. The number of anilines is 2. The quantitative estimate of drug-likeness (QED) is 0.552. The minimum atomic E-state index is 0.329. The van der Waals surface area contributed by atoms with E-state index in [1.165, 1.54) is 24.3 Å². The number of aromatic nitrogens is 5. The third-order valence-corrected chi connectivity index (χ3v) is 4.43. The normalized spacial score (nSPS) is 15.9. The average Bonchev–Trinajstić information content (AvgIpc) is 3.08. The van der Waals surface area contributed by atoms with E-state index in [1.807, 2.05) is 11.8 Å². The summed E-state index contributed by atoms with van der Waals surface area (Å²) in [5, 5.41) is 3.29. The van der Waals surface area contributed by atoms with Gasteiger partial charge in [0, 0.05) is 18.9 Å². The molecule has 1 fully saturated rings. The molecule has 0 amide bonds. The Hall–Kier alpha value is -1.87. The van der Waals surface area contributed by atoms with Gasteiger partial charge in [0.2, 0.25) is 17.8 Å². The molecule has 0 unspecified atom stereocenters. The van der Waals surface area contributed by atoms with Gasteiger partial charge in [-0.05, 0) is 30.3 Å². The van der Waals surface area contributed by atoms with Crippen molar-refractivity contribution in [2.45, 2.75) is 12.8 Å². The summed E-state index contributed by atoms with van der Waals surface area (Å²) >= 11 is 2.02. The Morgan fingerprint density at radius 1 is 1.24 bits per heavy atom. The van der Waals surface area contributed by atoms with Crippen LogP contribution < -0.4 is 16.6 Å². The summed E-state index contributed by atoms with van der Waals surface area (Å²) in [6, 6.07) is 0. The van der Waals surface area contributed by atoms with Crippen LogP contribution in [0.4, 0.5) is 11.9 Å². The van der Waals surface area contributed by atoms with Crippen LogP contribution in [0.5, 0.6) is 0 Å². The Labute approximate surface area is 127 Å². The van der Waals surface area contributed by atoms with Crippen LogP contribution in [0.3, 0.4) is 0 Å². The molecule has 2 aromatic rings. The Morgan fingerprint density at radius 3 is 2.76 bits per heavy atom. The van der Waals surface area contributed by atoms with Crippen molar-refractivity contribution in [3.05, 3.63) is 18.7 Å². The SMILES string of the molecule is NNc1nc(NCC2CCSCC2)nc(-n2ccnc2)n1.